The predicted molar refractivity (Wildman–Crippen MR) is 499 cm³/mol. The van der Waals surface area contributed by atoms with Gasteiger partial charge in [0, 0.05) is 91.0 Å². The van der Waals surface area contributed by atoms with Crippen LogP contribution in [-0.4, -0.2) is 82.3 Å². The fourth-order valence-corrected chi connectivity index (χ4v) is 14.6. The molecule has 2 amide bonds. The van der Waals surface area contributed by atoms with Crippen LogP contribution < -0.4 is 49.0 Å². The summed E-state index contributed by atoms with van der Waals surface area (Å²) in [6, 6.07) is 54.5. The molecule has 6 aromatic heterocycles. The first-order chi connectivity index (χ1) is 62.0. The number of thiophene rings is 1. The van der Waals surface area contributed by atoms with Gasteiger partial charge in [0.2, 0.25) is 0 Å². The third kappa shape index (κ3) is 28.8. The lowest BCUT2D eigenvalue weighted by molar-refractivity contribution is -0.137. The van der Waals surface area contributed by atoms with Crippen LogP contribution in [0.3, 0.4) is 0 Å². The van der Waals surface area contributed by atoms with Gasteiger partial charge in [-0.05, 0) is 152 Å². The molecule has 6 heterocycles. The molecule has 0 saturated carbocycles. The van der Waals surface area contributed by atoms with E-state index in [0.29, 0.717) is 33.3 Å². The Morgan fingerprint density at radius 3 is 1.04 bits per heavy atom. The van der Waals surface area contributed by atoms with Crippen molar-refractivity contribution in [2.24, 2.45) is 0 Å². The second kappa shape index (κ2) is 43.4. The van der Waals surface area contributed by atoms with Crippen molar-refractivity contribution in [2.45, 2.75) is 111 Å². The summed E-state index contributed by atoms with van der Waals surface area (Å²) in [6.07, 6.45) is -25.1. The number of nitrogens with two attached hydrogens (primary N) is 1. The van der Waals surface area contributed by atoms with Crippen LogP contribution in [0.1, 0.15) is 107 Å². The number of H-pyrrole nitrogens is 5. The number of ketones is 1. The summed E-state index contributed by atoms with van der Waals surface area (Å²) in [7, 11) is -1.34. The highest BCUT2D eigenvalue weighted by Crippen LogP contribution is 2.43. The van der Waals surface area contributed by atoms with Crippen LogP contribution in [0, 0.1) is 0 Å². The number of rotatable bonds is 11. The number of Topliss-reactive ketones (excluding diaryl/α,β-unsaturated/α-hetero) is 1. The van der Waals surface area contributed by atoms with Crippen LogP contribution in [0.2, 0.25) is 0 Å². The molecular formula is C94H82BBr2F15N8O14S. The number of benzene rings is 9. The van der Waals surface area contributed by atoms with E-state index in [9.17, 15) is 109 Å². The van der Waals surface area contributed by atoms with E-state index in [2.05, 4.69) is 67.4 Å². The fraction of sp³-hybridized carbons (Fsp3) is 0.181. The summed E-state index contributed by atoms with van der Waals surface area (Å²) in [5.74, 6) is -2.16. The number of nitrogen functional groups attached to an aromatic ring is 1. The second-order valence-electron chi connectivity index (χ2n) is 30.9. The third-order valence-corrected chi connectivity index (χ3v) is 20.3. The Morgan fingerprint density at radius 1 is 0.393 bits per heavy atom. The van der Waals surface area contributed by atoms with Crippen molar-refractivity contribution >= 4 is 152 Å². The molecule has 12 N–H and O–H groups in total. The number of carbonyl (C=O) groups excluding carboxylic acids is 3. The van der Waals surface area contributed by atoms with Crippen molar-refractivity contribution in [3.8, 4) is 33.4 Å². The van der Waals surface area contributed by atoms with Crippen molar-refractivity contribution in [3.05, 3.63) is 334 Å². The zero-order chi connectivity index (χ0) is 97.9. The van der Waals surface area contributed by atoms with E-state index in [1.54, 1.807) is 157 Å². The fourth-order valence-electron chi connectivity index (χ4n) is 12.9. The van der Waals surface area contributed by atoms with Gasteiger partial charge in [-0.3, -0.25) is 39.4 Å². The van der Waals surface area contributed by atoms with Crippen molar-refractivity contribution in [3.63, 3.8) is 0 Å². The maximum Gasteiger partial charge on any atom is 0.488 e. The zero-order valence-corrected chi connectivity index (χ0v) is 73.7. The number of nitrogens with one attached hydrogen (secondary N) is 7. The number of fused-ring (bicyclic) bond motifs is 5. The topological polar surface area (TPSA) is 362 Å². The van der Waals surface area contributed by atoms with Gasteiger partial charge in [0.25, 0.3) is 0 Å². The van der Waals surface area contributed by atoms with Gasteiger partial charge in [0.05, 0.1) is 55.4 Å². The maximum atomic E-state index is 13.8. The molecule has 41 heteroatoms. The molecule has 0 bridgehead atoms. The van der Waals surface area contributed by atoms with Crippen molar-refractivity contribution in [2.75, 3.05) is 16.4 Å². The summed E-state index contributed by atoms with van der Waals surface area (Å²) in [4.78, 5) is 121. The van der Waals surface area contributed by atoms with Crippen molar-refractivity contribution in [1.82, 2.24) is 24.9 Å². The number of carboxylic acid groups (broad SMARTS) is 1. The lowest BCUT2D eigenvalue weighted by Gasteiger charge is -2.20. The molecule has 0 unspecified atom stereocenters. The number of halogens is 17. The Bertz CT molecular complexity index is 7160. The number of aromatic nitrogens is 5. The summed E-state index contributed by atoms with van der Waals surface area (Å²) in [5, 5.41) is 31.7. The normalized spacial score (nSPS) is 11.6. The molecule has 15 rings (SSSR count). The number of aromatic carboxylic acids is 1. The third-order valence-electron chi connectivity index (χ3n) is 18.5. The predicted octanol–water partition coefficient (Wildman–Crippen LogP) is 23.5. The molecule has 0 atom stereocenters. The molecule has 0 aliphatic heterocycles. The molecule has 9 aromatic carbocycles. The van der Waals surface area contributed by atoms with Gasteiger partial charge in [-0.2, -0.15) is 65.9 Å². The van der Waals surface area contributed by atoms with E-state index in [0.717, 1.165) is 59.5 Å². The lowest BCUT2D eigenvalue weighted by atomic mass is 9.81. The molecule has 0 fully saturated rings. The molecule has 0 radical (unpaired) electrons. The van der Waals surface area contributed by atoms with Crippen LogP contribution >= 0.6 is 43.2 Å². The Kier molecular flexibility index (Phi) is 34.2. The van der Waals surface area contributed by atoms with Gasteiger partial charge < -0.3 is 55.3 Å². The van der Waals surface area contributed by atoms with Crippen LogP contribution in [0.5, 0.6) is 0 Å². The van der Waals surface area contributed by atoms with E-state index in [-0.39, 0.29) is 111 Å². The molecule has 15 aromatic rings. The monoisotopic (exact) mass is 2030 g/mol. The first kappa shape index (κ1) is 106. The minimum Gasteiger partial charge on any atom is -0.477 e. The minimum atomic E-state index is -4.71. The van der Waals surface area contributed by atoms with E-state index in [1.807, 2.05) is 23.6 Å². The second-order valence-corrected chi connectivity index (χ2v) is 33.7. The summed E-state index contributed by atoms with van der Waals surface area (Å²) in [5.41, 5.74) is -3.50. The van der Waals surface area contributed by atoms with Crippen molar-refractivity contribution in [1.29, 1.82) is 0 Å². The molecule has 710 valence electrons. The van der Waals surface area contributed by atoms with Gasteiger partial charge in [0.1, 0.15) is 40.1 Å². The highest BCUT2D eigenvalue weighted by molar-refractivity contribution is 9.10. The van der Waals surface area contributed by atoms with Crippen LogP contribution in [0.4, 0.5) is 92.9 Å². The van der Waals surface area contributed by atoms with Gasteiger partial charge >= 0.3 is 56.2 Å². The molecule has 22 nitrogen and oxygen atoms in total. The number of carboxylic acids is 1. The first-order valence-corrected chi connectivity index (χ1v) is 41.3. The van der Waals surface area contributed by atoms with E-state index in [1.165, 1.54) is 47.7 Å². The van der Waals surface area contributed by atoms with Gasteiger partial charge in [0.15, 0.2) is 27.1 Å². The number of ether oxygens (including phenoxy) is 2. The number of pyridine rings is 5. The number of aromatic amines is 5. The average Bonchev–Trinajstić information content (AvgIpc) is 0.791. The lowest BCUT2D eigenvalue weighted by Crippen LogP contribution is -2.29. The molecule has 0 spiro atoms. The maximum absolute atomic E-state index is 13.8. The summed E-state index contributed by atoms with van der Waals surface area (Å²) in [6.45, 7) is 9.83. The smallest absolute Gasteiger partial charge is 0.477 e. The molecule has 135 heavy (non-hydrogen) atoms. The minimum absolute atomic E-state index is 0. The van der Waals surface area contributed by atoms with Gasteiger partial charge in [-0.25, -0.2) is 14.4 Å². The Morgan fingerprint density at radius 2 is 0.711 bits per heavy atom. The number of carbonyl (C=O) groups is 4. The average molecular weight is 2040 g/mol. The number of alkyl halides is 15. The van der Waals surface area contributed by atoms with Crippen LogP contribution in [0.25, 0.3) is 87.9 Å². The zero-order valence-electron chi connectivity index (χ0n) is 69.7. The SMILES string of the molecule is C.C.CC(C)(C)OC(=O)Nc1cc(=O)c2cc(-c3ccccc3)cc(C(F)(F)F)c2[nH]1.CC(C)(C)OC(=O)Nc1cc(=O)c2cc(Br)cc(C(F)(F)F)c2[nH]1.Nc1cc(=O)c2cc(-c3ccccc3)cc(C(F)(F)F)c2[nH]1.O=C(Cc1cc(=O)c2cc(-c3ccccc3)cc(C(F)(F)F)c2[nH]1)Cc1cccs1.O=C(O)c1cc(=O)c2cc(Br)cc(C(F)(F)F)c2[nH]1.OB(O)c1ccccc1.[2HH]. The Labute approximate surface area is 778 Å². The van der Waals surface area contributed by atoms with Gasteiger partial charge in [-0.15, -0.1) is 11.3 Å². The Balaban J connectivity index is 0.000000227. The Hall–Kier alpha value is -13.9. The summed E-state index contributed by atoms with van der Waals surface area (Å²) >= 11 is 7.28. The highest BCUT2D eigenvalue weighted by atomic mass is 79.9. The molecule has 0 aliphatic rings. The first-order valence-electron chi connectivity index (χ1n) is 38.8. The van der Waals surface area contributed by atoms with E-state index in [4.69, 9.17) is 30.4 Å². The van der Waals surface area contributed by atoms with Gasteiger partial charge in [-0.1, -0.05) is 174 Å². The van der Waals surface area contributed by atoms with E-state index >= 15 is 0 Å². The molecular weight excluding hydrogens is 1950 g/mol. The molecule has 0 aliphatic carbocycles. The standard InChI is InChI=1S/C23H16F3NO2S.C21H19F3N2O3.C16H11F3N2O.C15H14BrF3N2O3.C11H5BrF3NO3.C6H7BO2.2CH4.H2/c24-23(25,26)20-10-15(14-5-2-1-3-6-14)9-19-21(29)12-16(27-22(19)20)11-17(28)13-18-7-4-8-30-18;1-20(2,3)29-19(28)26-17-11-16(27)14-9-13(12-7-5-4-6-8-12)10-15(18(14)25-17)21(22,23)24;17-16(18,19)12-7-10(9-4-2-1-3-5-9)6-11-13(22)8-14(20)21-15(11)12;1-14(2,3)24-13(23)21-11-6-10(22)8-4-7(16)5-9(12(8)20-11)15(17,18)19;12-4-1-5-8(17)3-7(10(18)19)16-9(5)6(2-4)11(13,14)15;8-7(9)6-4-2-1-3-5-6;;;/h1-10,12H,11,13H2,(H,27,29);4-11H,1-3H3,(H2,25,26,27,28);1-8H,(H3,20,21,22);4-6H,1-3H3,(H2,20,21,22,23);1-3H,(H,16,17)(H,18,19);1-5,8-9H;2*1H4;1H/i;;;;;;;;1+1. The number of hydrogen-bond donors (Lipinski definition) is 11. The number of hydrogen-bond acceptors (Lipinski definition) is 15. The van der Waals surface area contributed by atoms with Crippen LogP contribution in [-0.2, 0) is 58.0 Å². The quantitative estimate of drug-likeness (QED) is 0.0423. The van der Waals surface area contributed by atoms with Crippen LogP contribution in [0.15, 0.2) is 263 Å². The molecule has 0 saturated heterocycles. The number of anilines is 3. The van der Waals surface area contributed by atoms with E-state index < -0.39 is 145 Å². The number of amides is 2. The highest BCUT2D eigenvalue weighted by Gasteiger charge is 2.39. The van der Waals surface area contributed by atoms with Crippen molar-refractivity contribution < 1.29 is 111 Å². The largest absolute Gasteiger partial charge is 0.488 e. The summed E-state index contributed by atoms with van der Waals surface area (Å²) < 4.78 is 211.